The fourth-order valence-electron chi connectivity index (χ4n) is 3.23. The first-order chi connectivity index (χ1) is 16.0. The molecule has 0 bridgehead atoms. The third-order valence-corrected chi connectivity index (χ3v) is 4.95. The minimum atomic E-state index is -0.466. The third-order valence-electron chi connectivity index (χ3n) is 4.95. The minimum Gasteiger partial charge on any atom is -0.485 e. The summed E-state index contributed by atoms with van der Waals surface area (Å²) in [6, 6.07) is 19.8. The Labute approximate surface area is 189 Å². The lowest BCUT2D eigenvalue weighted by molar-refractivity contribution is 0.0600. The van der Waals surface area contributed by atoms with E-state index < -0.39 is 5.97 Å². The predicted octanol–water partition coefficient (Wildman–Crippen LogP) is 4.94. The Balaban J connectivity index is 1.54. The van der Waals surface area contributed by atoms with E-state index in [9.17, 15) is 14.4 Å². The van der Waals surface area contributed by atoms with E-state index in [1.54, 1.807) is 73.7 Å². The summed E-state index contributed by atoms with van der Waals surface area (Å²) in [7, 11) is 1.30. The van der Waals surface area contributed by atoms with Crippen LogP contribution in [0.1, 0.15) is 26.5 Å². The van der Waals surface area contributed by atoms with Crippen molar-refractivity contribution in [2.45, 2.75) is 6.92 Å². The van der Waals surface area contributed by atoms with Crippen molar-refractivity contribution in [1.29, 1.82) is 0 Å². The van der Waals surface area contributed by atoms with Gasteiger partial charge >= 0.3 is 5.97 Å². The molecule has 166 valence electrons. The molecule has 1 aromatic heterocycles. The van der Waals surface area contributed by atoms with Gasteiger partial charge in [0.2, 0.25) is 11.2 Å². The molecule has 0 saturated carbocycles. The molecule has 4 aromatic rings. The number of carbonyl (C=O) groups is 2. The lowest BCUT2D eigenvalue weighted by atomic mass is 10.1. The van der Waals surface area contributed by atoms with Crippen molar-refractivity contribution in [3.8, 4) is 17.2 Å². The Morgan fingerprint density at radius 3 is 2.27 bits per heavy atom. The molecule has 0 aliphatic heterocycles. The van der Waals surface area contributed by atoms with Gasteiger partial charge in [0.05, 0.1) is 18.1 Å². The number of benzene rings is 3. The average Bonchev–Trinajstić information content (AvgIpc) is 2.85. The van der Waals surface area contributed by atoms with Crippen LogP contribution in [0, 0.1) is 6.92 Å². The molecule has 0 N–H and O–H groups in total. The summed E-state index contributed by atoms with van der Waals surface area (Å²) in [5.74, 6) is 0.475. The number of carbonyl (C=O) groups excluding carboxylic acids is 2. The lowest BCUT2D eigenvalue weighted by Crippen LogP contribution is -2.12. The van der Waals surface area contributed by atoms with Gasteiger partial charge < -0.3 is 18.6 Å². The van der Waals surface area contributed by atoms with Crippen molar-refractivity contribution in [3.63, 3.8) is 0 Å². The quantitative estimate of drug-likeness (QED) is 0.294. The van der Waals surface area contributed by atoms with Crippen LogP contribution < -0.4 is 14.9 Å². The summed E-state index contributed by atoms with van der Waals surface area (Å²) < 4.78 is 21.8. The minimum absolute atomic E-state index is 0.0428. The molecule has 0 atom stereocenters. The first-order valence-electron chi connectivity index (χ1n) is 10.1. The second-order valence-corrected chi connectivity index (χ2v) is 7.17. The van der Waals surface area contributed by atoms with Gasteiger partial charge in [-0.25, -0.2) is 4.79 Å². The number of Topliss-reactive ketones (excluding diaryl/α,β-unsaturated/α-hetero) is 1. The average molecular weight is 444 g/mol. The van der Waals surface area contributed by atoms with Crippen LogP contribution >= 0.6 is 0 Å². The number of hydrogen-bond acceptors (Lipinski definition) is 7. The molecule has 0 amide bonds. The number of methoxy groups -OCH3 is 1. The van der Waals surface area contributed by atoms with Gasteiger partial charge in [-0.2, -0.15) is 0 Å². The maximum absolute atomic E-state index is 13.0. The van der Waals surface area contributed by atoms with Crippen LogP contribution in [-0.4, -0.2) is 25.5 Å². The van der Waals surface area contributed by atoms with E-state index in [0.29, 0.717) is 33.6 Å². The van der Waals surface area contributed by atoms with Gasteiger partial charge in [0.25, 0.3) is 0 Å². The molecule has 0 saturated heterocycles. The van der Waals surface area contributed by atoms with Crippen molar-refractivity contribution in [2.24, 2.45) is 0 Å². The largest absolute Gasteiger partial charge is 0.485 e. The molecular weight excluding hydrogens is 424 g/mol. The van der Waals surface area contributed by atoms with E-state index >= 15 is 0 Å². The molecule has 3 aromatic carbocycles. The highest BCUT2D eigenvalue weighted by Crippen LogP contribution is 2.27. The fraction of sp³-hybridized carbons (Fsp3) is 0.115. The normalized spacial score (nSPS) is 10.6. The van der Waals surface area contributed by atoms with E-state index in [4.69, 9.17) is 13.9 Å². The summed E-state index contributed by atoms with van der Waals surface area (Å²) in [6.45, 7) is 1.48. The van der Waals surface area contributed by atoms with Gasteiger partial charge in [-0.3, -0.25) is 9.59 Å². The first-order valence-corrected chi connectivity index (χ1v) is 10.1. The van der Waals surface area contributed by atoms with Crippen molar-refractivity contribution in [2.75, 3.05) is 13.7 Å². The van der Waals surface area contributed by atoms with Crippen LogP contribution in [-0.2, 0) is 4.74 Å². The molecular formula is C26H20O7. The number of fused-ring (bicyclic) bond motifs is 1. The van der Waals surface area contributed by atoms with Gasteiger partial charge in [0, 0.05) is 11.6 Å². The summed E-state index contributed by atoms with van der Waals surface area (Å²) in [5.41, 5.74) is 0.890. The van der Waals surface area contributed by atoms with Crippen LogP contribution in [0.25, 0.3) is 11.0 Å². The standard InChI is InChI=1S/C26H20O7/c1-16-25(33-19-10-8-18(9-11-19)26(29)30-2)24(28)21-13-12-20(14-23(21)32-16)31-15-22(27)17-6-4-3-5-7-17/h3-14H,15H2,1-2H3. The molecule has 33 heavy (non-hydrogen) atoms. The molecule has 0 unspecified atom stereocenters. The van der Waals surface area contributed by atoms with Crippen LogP contribution in [0.2, 0.25) is 0 Å². The Morgan fingerprint density at radius 1 is 0.879 bits per heavy atom. The molecule has 0 spiro atoms. The number of ether oxygens (including phenoxy) is 3. The van der Waals surface area contributed by atoms with E-state index in [-0.39, 0.29) is 29.3 Å². The van der Waals surface area contributed by atoms with Crippen LogP contribution in [0.5, 0.6) is 17.2 Å². The number of rotatable bonds is 7. The second-order valence-electron chi connectivity index (χ2n) is 7.17. The summed E-state index contributed by atoms with van der Waals surface area (Å²) >= 11 is 0. The zero-order chi connectivity index (χ0) is 23.4. The molecule has 0 aliphatic rings. The number of hydrogen-bond donors (Lipinski definition) is 0. The van der Waals surface area contributed by atoms with Gasteiger partial charge in [0.15, 0.2) is 12.4 Å². The van der Waals surface area contributed by atoms with Gasteiger partial charge in [-0.05, 0) is 43.3 Å². The summed E-state index contributed by atoms with van der Waals surface area (Å²) in [5, 5.41) is 0.309. The maximum atomic E-state index is 13.0. The Morgan fingerprint density at radius 2 is 1.58 bits per heavy atom. The van der Waals surface area contributed by atoms with Gasteiger partial charge in [-0.15, -0.1) is 0 Å². The number of esters is 1. The highest BCUT2D eigenvalue weighted by Gasteiger charge is 2.16. The maximum Gasteiger partial charge on any atom is 0.337 e. The SMILES string of the molecule is COC(=O)c1ccc(Oc2c(C)oc3cc(OCC(=O)c4ccccc4)ccc3c2=O)cc1. The fourth-order valence-corrected chi connectivity index (χ4v) is 3.23. The van der Waals surface area contributed by atoms with Crippen LogP contribution in [0.4, 0.5) is 0 Å². The Kier molecular flexibility index (Phi) is 6.22. The van der Waals surface area contributed by atoms with E-state index in [1.807, 2.05) is 6.07 Å². The molecule has 1 heterocycles. The smallest absolute Gasteiger partial charge is 0.337 e. The molecule has 7 nitrogen and oxygen atoms in total. The summed E-state index contributed by atoms with van der Waals surface area (Å²) in [6.07, 6.45) is 0. The van der Waals surface area contributed by atoms with Crippen molar-refractivity contribution in [1.82, 2.24) is 0 Å². The van der Waals surface area contributed by atoms with Crippen LogP contribution in [0.3, 0.4) is 0 Å². The predicted molar refractivity (Wildman–Crippen MR) is 121 cm³/mol. The molecule has 0 radical (unpaired) electrons. The highest BCUT2D eigenvalue weighted by atomic mass is 16.5. The van der Waals surface area contributed by atoms with E-state index in [1.165, 1.54) is 7.11 Å². The molecule has 7 heteroatoms. The third kappa shape index (κ3) is 4.77. The molecule has 0 aliphatic carbocycles. The number of ketones is 1. The zero-order valence-corrected chi connectivity index (χ0v) is 18.0. The zero-order valence-electron chi connectivity index (χ0n) is 18.0. The van der Waals surface area contributed by atoms with E-state index in [0.717, 1.165) is 0 Å². The lowest BCUT2D eigenvalue weighted by Gasteiger charge is -2.10. The van der Waals surface area contributed by atoms with Crippen molar-refractivity contribution in [3.05, 3.63) is 99.9 Å². The van der Waals surface area contributed by atoms with Crippen molar-refractivity contribution >= 4 is 22.7 Å². The Bertz CT molecular complexity index is 1370. The topological polar surface area (TPSA) is 92.0 Å². The number of aryl methyl sites for hydroxylation is 1. The molecule has 0 fully saturated rings. The summed E-state index contributed by atoms with van der Waals surface area (Å²) in [4.78, 5) is 36.8. The first kappa shape index (κ1) is 21.8. The van der Waals surface area contributed by atoms with Gasteiger partial charge in [-0.1, -0.05) is 30.3 Å². The highest BCUT2D eigenvalue weighted by molar-refractivity contribution is 5.97. The van der Waals surface area contributed by atoms with E-state index in [2.05, 4.69) is 4.74 Å². The molecule has 4 rings (SSSR count). The van der Waals surface area contributed by atoms with Crippen LogP contribution in [0.15, 0.2) is 82.0 Å². The Hall–Kier alpha value is -4.39. The van der Waals surface area contributed by atoms with Gasteiger partial charge in [0.1, 0.15) is 22.8 Å². The monoisotopic (exact) mass is 444 g/mol. The van der Waals surface area contributed by atoms with Crippen molar-refractivity contribution < 1.29 is 28.2 Å². The second kappa shape index (κ2) is 9.40.